The Kier molecular flexibility index (Phi) is 5.53. The zero-order valence-electron chi connectivity index (χ0n) is 12.2. The summed E-state index contributed by atoms with van der Waals surface area (Å²) in [5.41, 5.74) is 1.86. The van der Waals surface area contributed by atoms with Gasteiger partial charge in [0.1, 0.15) is 11.6 Å². The number of benzene rings is 1. The van der Waals surface area contributed by atoms with Crippen molar-refractivity contribution in [1.29, 1.82) is 0 Å². The number of hydrogen-bond donors (Lipinski definition) is 1. The third kappa shape index (κ3) is 4.16. The van der Waals surface area contributed by atoms with Crippen molar-refractivity contribution in [3.05, 3.63) is 58.5 Å². The highest BCUT2D eigenvalue weighted by Crippen LogP contribution is 2.22. The van der Waals surface area contributed by atoms with Gasteiger partial charge in [0.05, 0.1) is 6.20 Å². The number of nitrogens with one attached hydrogen (secondary N) is 1. The van der Waals surface area contributed by atoms with E-state index in [2.05, 4.69) is 10.3 Å². The molecule has 5 heteroatoms. The fourth-order valence-corrected chi connectivity index (χ4v) is 2.36. The second-order valence-electron chi connectivity index (χ2n) is 4.86. The number of halogens is 2. The number of aromatic nitrogens is 1. The lowest BCUT2D eigenvalue weighted by molar-refractivity contribution is 0.613. The van der Waals surface area contributed by atoms with Crippen molar-refractivity contribution >= 4 is 17.4 Å². The SMILES string of the molecule is CCNCc1cc(F)cnc1N(C)Cc1ccccc1Cl. The van der Waals surface area contributed by atoms with Crippen LogP contribution in [-0.4, -0.2) is 18.6 Å². The van der Waals surface area contributed by atoms with Gasteiger partial charge in [0.2, 0.25) is 0 Å². The van der Waals surface area contributed by atoms with E-state index >= 15 is 0 Å². The standard InChI is InChI=1S/C16H19ClFN3/c1-3-19-9-13-8-14(18)10-20-16(13)21(2)11-12-6-4-5-7-15(12)17/h4-8,10,19H,3,9,11H2,1-2H3. The van der Waals surface area contributed by atoms with E-state index in [0.29, 0.717) is 13.1 Å². The molecule has 3 nitrogen and oxygen atoms in total. The van der Waals surface area contributed by atoms with Crippen LogP contribution in [0.15, 0.2) is 36.5 Å². The first-order valence-electron chi connectivity index (χ1n) is 6.91. The molecule has 0 saturated carbocycles. The van der Waals surface area contributed by atoms with Gasteiger partial charge in [-0.25, -0.2) is 9.37 Å². The molecule has 0 spiro atoms. The molecular formula is C16H19ClFN3. The maximum atomic E-state index is 13.4. The Labute approximate surface area is 129 Å². The fourth-order valence-electron chi connectivity index (χ4n) is 2.16. The number of pyridine rings is 1. The van der Waals surface area contributed by atoms with Crippen LogP contribution in [0, 0.1) is 5.82 Å². The summed E-state index contributed by atoms with van der Waals surface area (Å²) in [6, 6.07) is 9.22. The molecule has 0 bridgehead atoms. The van der Waals surface area contributed by atoms with Crippen molar-refractivity contribution in [2.24, 2.45) is 0 Å². The lowest BCUT2D eigenvalue weighted by atomic mass is 10.2. The maximum absolute atomic E-state index is 13.4. The van der Waals surface area contributed by atoms with E-state index in [4.69, 9.17) is 11.6 Å². The molecule has 1 aromatic carbocycles. The fraction of sp³-hybridized carbons (Fsp3) is 0.312. The first kappa shape index (κ1) is 15.7. The van der Waals surface area contributed by atoms with E-state index in [-0.39, 0.29) is 5.82 Å². The average molecular weight is 308 g/mol. The number of anilines is 1. The summed E-state index contributed by atoms with van der Waals surface area (Å²) in [6.07, 6.45) is 1.24. The van der Waals surface area contributed by atoms with Crippen molar-refractivity contribution < 1.29 is 4.39 Å². The minimum Gasteiger partial charge on any atom is -0.355 e. The molecule has 0 aliphatic carbocycles. The number of nitrogens with zero attached hydrogens (tertiary/aromatic N) is 2. The first-order valence-corrected chi connectivity index (χ1v) is 7.29. The Bertz CT molecular complexity index is 604. The second-order valence-corrected chi connectivity index (χ2v) is 5.27. The van der Waals surface area contributed by atoms with E-state index in [1.54, 1.807) is 0 Å². The molecule has 0 aliphatic rings. The van der Waals surface area contributed by atoms with Crippen LogP contribution in [-0.2, 0) is 13.1 Å². The van der Waals surface area contributed by atoms with Gasteiger partial charge in [-0.1, -0.05) is 36.7 Å². The van der Waals surface area contributed by atoms with Crippen LogP contribution in [0.5, 0.6) is 0 Å². The summed E-state index contributed by atoms with van der Waals surface area (Å²) in [4.78, 5) is 6.20. The van der Waals surface area contributed by atoms with E-state index in [9.17, 15) is 4.39 Å². The van der Waals surface area contributed by atoms with Crippen LogP contribution in [0.1, 0.15) is 18.1 Å². The lowest BCUT2D eigenvalue weighted by Gasteiger charge is -2.22. The Morgan fingerprint density at radius 2 is 2.05 bits per heavy atom. The van der Waals surface area contributed by atoms with E-state index < -0.39 is 0 Å². The highest BCUT2D eigenvalue weighted by molar-refractivity contribution is 6.31. The molecule has 2 rings (SSSR count). The maximum Gasteiger partial charge on any atom is 0.141 e. The molecule has 112 valence electrons. The van der Waals surface area contributed by atoms with Gasteiger partial charge in [0, 0.05) is 30.7 Å². The summed E-state index contributed by atoms with van der Waals surface area (Å²) < 4.78 is 13.4. The number of rotatable bonds is 6. The predicted molar refractivity (Wildman–Crippen MR) is 85.1 cm³/mol. The third-order valence-corrected chi connectivity index (χ3v) is 3.57. The molecule has 0 amide bonds. The Balaban J connectivity index is 2.22. The van der Waals surface area contributed by atoms with Gasteiger partial charge in [0.15, 0.2) is 0 Å². The van der Waals surface area contributed by atoms with Crippen molar-refractivity contribution in [3.63, 3.8) is 0 Å². The molecule has 21 heavy (non-hydrogen) atoms. The minimum absolute atomic E-state index is 0.321. The van der Waals surface area contributed by atoms with Gasteiger partial charge >= 0.3 is 0 Å². The van der Waals surface area contributed by atoms with Gasteiger partial charge in [-0.15, -0.1) is 0 Å². The van der Waals surface area contributed by atoms with Crippen LogP contribution >= 0.6 is 11.6 Å². The molecule has 0 aliphatic heterocycles. The Morgan fingerprint density at radius 3 is 2.76 bits per heavy atom. The summed E-state index contributed by atoms with van der Waals surface area (Å²) in [5.74, 6) is 0.440. The zero-order chi connectivity index (χ0) is 15.2. The summed E-state index contributed by atoms with van der Waals surface area (Å²) >= 11 is 6.18. The monoisotopic (exact) mass is 307 g/mol. The van der Waals surface area contributed by atoms with Crippen molar-refractivity contribution in [3.8, 4) is 0 Å². The lowest BCUT2D eigenvalue weighted by Crippen LogP contribution is -2.22. The smallest absolute Gasteiger partial charge is 0.141 e. The van der Waals surface area contributed by atoms with Crippen LogP contribution in [0.2, 0.25) is 5.02 Å². The highest BCUT2D eigenvalue weighted by atomic mass is 35.5. The Morgan fingerprint density at radius 1 is 1.29 bits per heavy atom. The first-order chi connectivity index (χ1) is 10.1. The van der Waals surface area contributed by atoms with Gasteiger partial charge < -0.3 is 10.2 Å². The average Bonchev–Trinajstić information content (AvgIpc) is 2.47. The van der Waals surface area contributed by atoms with E-state index in [0.717, 1.165) is 28.5 Å². The molecule has 1 heterocycles. The molecule has 1 N–H and O–H groups in total. The van der Waals surface area contributed by atoms with E-state index in [1.807, 2.05) is 43.1 Å². The quantitative estimate of drug-likeness (QED) is 0.883. The second kappa shape index (κ2) is 7.38. The van der Waals surface area contributed by atoms with Crippen LogP contribution < -0.4 is 10.2 Å². The van der Waals surface area contributed by atoms with Crippen LogP contribution in [0.3, 0.4) is 0 Å². The summed E-state index contributed by atoms with van der Waals surface area (Å²) in [7, 11) is 1.93. The largest absolute Gasteiger partial charge is 0.355 e. The minimum atomic E-state index is -0.321. The zero-order valence-corrected chi connectivity index (χ0v) is 13.0. The van der Waals surface area contributed by atoms with Crippen LogP contribution in [0.4, 0.5) is 10.2 Å². The summed E-state index contributed by atoms with van der Waals surface area (Å²) in [6.45, 7) is 4.05. The van der Waals surface area contributed by atoms with Crippen LogP contribution in [0.25, 0.3) is 0 Å². The highest BCUT2D eigenvalue weighted by Gasteiger charge is 2.12. The third-order valence-electron chi connectivity index (χ3n) is 3.20. The van der Waals surface area contributed by atoms with Gasteiger partial charge in [-0.3, -0.25) is 0 Å². The number of hydrogen-bond acceptors (Lipinski definition) is 3. The Hall–Kier alpha value is -1.65. The topological polar surface area (TPSA) is 28.2 Å². The predicted octanol–water partition coefficient (Wildman–Crippen LogP) is 3.62. The van der Waals surface area contributed by atoms with Gasteiger partial charge in [0.25, 0.3) is 0 Å². The molecule has 0 fully saturated rings. The van der Waals surface area contributed by atoms with Crippen molar-refractivity contribution in [1.82, 2.24) is 10.3 Å². The molecule has 0 unspecified atom stereocenters. The molecule has 0 saturated heterocycles. The van der Waals surface area contributed by atoms with Gasteiger partial charge in [-0.05, 0) is 24.2 Å². The molecule has 2 aromatic rings. The van der Waals surface area contributed by atoms with Gasteiger partial charge in [-0.2, -0.15) is 0 Å². The van der Waals surface area contributed by atoms with E-state index in [1.165, 1.54) is 12.3 Å². The molecule has 1 aromatic heterocycles. The molecule has 0 radical (unpaired) electrons. The van der Waals surface area contributed by atoms with Crippen molar-refractivity contribution in [2.75, 3.05) is 18.5 Å². The molecule has 0 atom stereocenters. The normalized spacial score (nSPS) is 10.7. The van der Waals surface area contributed by atoms with Crippen molar-refractivity contribution in [2.45, 2.75) is 20.0 Å². The summed E-state index contributed by atoms with van der Waals surface area (Å²) in [5, 5.41) is 3.92. The molecular weight excluding hydrogens is 289 g/mol.